The summed E-state index contributed by atoms with van der Waals surface area (Å²) in [4.78, 5) is 4.98. The summed E-state index contributed by atoms with van der Waals surface area (Å²) in [6, 6.07) is 52.5. The number of rotatable bonds is 6. The van der Waals surface area contributed by atoms with Gasteiger partial charge in [-0.3, -0.25) is 0 Å². The molecule has 0 fully saturated rings. The van der Waals surface area contributed by atoms with Gasteiger partial charge in [-0.1, -0.05) is 86.9 Å². The van der Waals surface area contributed by atoms with Crippen LogP contribution in [0.5, 0.6) is 0 Å². The van der Waals surface area contributed by atoms with Gasteiger partial charge in [0.05, 0.1) is 0 Å². The first kappa shape index (κ1) is 40.1. The zero-order valence-corrected chi connectivity index (χ0v) is 40.6. The molecule has 2 heterocycles. The van der Waals surface area contributed by atoms with Gasteiger partial charge in [-0.15, -0.1) is 0 Å². The van der Waals surface area contributed by atoms with Crippen LogP contribution in [0.4, 0.5) is 34.1 Å². The molecule has 0 amide bonds. The lowest BCUT2D eigenvalue weighted by Gasteiger charge is -2.36. The van der Waals surface area contributed by atoms with Gasteiger partial charge in [0.25, 0.3) is 0 Å². The van der Waals surface area contributed by atoms with Crippen LogP contribution in [-0.4, -0.2) is 16.1 Å². The van der Waals surface area contributed by atoms with Crippen LogP contribution in [0, 0.1) is 55.4 Å². The predicted molar refractivity (Wildman–Crippen MR) is 276 cm³/mol. The molecular weight excluding hydrogens is 781 g/mol. The molecule has 0 radical (unpaired) electrons. The smallest absolute Gasteiger partial charge is 0.113 e. The average molecular weight is 839 g/mol. The molecule has 0 aliphatic carbocycles. The van der Waals surface area contributed by atoms with Gasteiger partial charge in [0, 0.05) is 34.1 Å². The first-order chi connectivity index (χ1) is 29.5. The van der Waals surface area contributed by atoms with Crippen LogP contribution in [0.15, 0.2) is 133 Å². The second-order valence-electron chi connectivity index (χ2n) is 19.8. The molecule has 4 heteroatoms. The Labute approximate surface area is 371 Å². The van der Waals surface area contributed by atoms with Crippen molar-refractivity contribution in [2.75, 3.05) is 9.80 Å². The third-order valence-electron chi connectivity index (χ3n) is 13.8. The van der Waals surface area contributed by atoms with Crippen molar-refractivity contribution in [3.8, 4) is 22.3 Å². The molecule has 0 N–H and O–H groups in total. The number of fused-ring (bicyclic) bond motifs is 6. The number of hydrogen-bond acceptors (Lipinski definition) is 2. The largest absolute Gasteiger partial charge is 0.310 e. The Morgan fingerprint density at radius 2 is 0.677 bits per heavy atom. The fourth-order valence-corrected chi connectivity index (χ4v) is 17.5. The van der Waals surface area contributed by atoms with Crippen molar-refractivity contribution < 1.29 is 0 Å². The summed E-state index contributed by atoms with van der Waals surface area (Å²) in [6.45, 7) is 28.0. The average Bonchev–Trinajstić information content (AvgIpc) is 3.41. The summed E-state index contributed by atoms with van der Waals surface area (Å²) in [6.07, 6.45) is 0. The molecule has 0 aromatic heterocycles. The minimum absolute atomic E-state index is 1.21. The molecule has 0 saturated carbocycles. The zero-order chi connectivity index (χ0) is 43.6. The van der Waals surface area contributed by atoms with Crippen molar-refractivity contribution in [1.29, 1.82) is 0 Å². The summed E-state index contributed by atoms with van der Waals surface area (Å²) >= 11 is 0. The Balaban J connectivity index is 1.16. The molecule has 8 aromatic carbocycles. The maximum absolute atomic E-state index is 2.65. The number of anilines is 6. The highest BCUT2D eigenvalue weighted by Crippen LogP contribution is 2.45. The van der Waals surface area contributed by atoms with E-state index in [-0.39, 0.29) is 0 Å². The van der Waals surface area contributed by atoms with E-state index in [9.17, 15) is 0 Å². The highest BCUT2D eigenvalue weighted by Gasteiger charge is 2.43. The summed E-state index contributed by atoms with van der Waals surface area (Å²) in [7, 11) is -4.37. The molecule has 0 spiro atoms. The topological polar surface area (TPSA) is 6.48 Å². The quantitative estimate of drug-likeness (QED) is 0.154. The van der Waals surface area contributed by atoms with Crippen molar-refractivity contribution in [3.05, 3.63) is 178 Å². The van der Waals surface area contributed by atoms with E-state index in [1.54, 1.807) is 10.4 Å². The number of aryl methyl sites for hydroxylation is 8. The Kier molecular flexibility index (Phi) is 9.26. The molecule has 2 aliphatic heterocycles. The lowest BCUT2D eigenvalue weighted by atomic mass is 9.91. The summed E-state index contributed by atoms with van der Waals surface area (Å²) in [5.41, 5.74) is 23.2. The van der Waals surface area contributed by atoms with Gasteiger partial charge in [-0.05, 0) is 226 Å². The van der Waals surface area contributed by atoms with E-state index in [1.807, 2.05) is 0 Å². The van der Waals surface area contributed by atoms with Crippen LogP contribution < -0.4 is 30.5 Å². The number of benzene rings is 8. The first-order valence-electron chi connectivity index (χ1n) is 22.3. The lowest BCUT2D eigenvalue weighted by molar-refractivity contribution is 1.23. The Morgan fingerprint density at radius 3 is 1.10 bits per heavy atom. The van der Waals surface area contributed by atoms with E-state index in [0.717, 1.165) is 0 Å². The second-order valence-corrected chi connectivity index (χ2v) is 28.5. The Hall–Kier alpha value is -5.95. The molecule has 0 atom stereocenters. The predicted octanol–water partition coefficient (Wildman–Crippen LogP) is 13.9. The fraction of sp³-hybridized carbons (Fsp3) is 0.207. The molecular formula is C58H58N2Si2. The molecule has 2 nitrogen and oxygen atoms in total. The highest BCUT2D eigenvalue weighted by atomic mass is 28.3. The SMILES string of the molecule is Cc1cc(C)cc(N(c2cc(C)cc(C)c2)c2ccc3c(c2)[Si](C)(C)c2cc4c5c(cccc5c2-3)[Si](C)(C)c2cc(N(c3cc(C)cc(C)c3)c3cc(C)cc(C)c3)ccc2-4)c1. The van der Waals surface area contributed by atoms with Crippen molar-refractivity contribution >= 4 is 81.8 Å². The third kappa shape index (κ3) is 6.41. The van der Waals surface area contributed by atoms with Gasteiger partial charge in [0.15, 0.2) is 0 Å². The maximum Gasteiger partial charge on any atom is 0.113 e. The standard InChI is InChI=1S/C58H58N2Si2/c1-35-20-36(2)25-45(24-35)59(46-26-37(3)21-38(4)27-46)43-16-18-49-52-34-56-57(51-14-13-15-53(58(51)52)61(9,10)54(49)32-43)50-19-17-44(33-55(50)62(56,11)12)60(47-28-39(5)22-40(6)29-47)48-30-41(7)23-42(8)31-48/h13-34H,1-12H3. The van der Waals surface area contributed by atoms with E-state index in [4.69, 9.17) is 0 Å². The molecule has 0 bridgehead atoms. The summed E-state index contributed by atoms with van der Waals surface area (Å²) in [5.74, 6) is 0. The minimum atomic E-state index is -2.18. The molecule has 62 heavy (non-hydrogen) atoms. The fourth-order valence-electron chi connectivity index (χ4n) is 11.3. The van der Waals surface area contributed by atoms with Crippen molar-refractivity contribution in [2.24, 2.45) is 0 Å². The third-order valence-corrected chi connectivity index (χ3v) is 20.8. The van der Waals surface area contributed by atoms with Gasteiger partial charge < -0.3 is 9.80 Å². The zero-order valence-electron chi connectivity index (χ0n) is 38.6. The van der Waals surface area contributed by atoms with Crippen molar-refractivity contribution in [2.45, 2.75) is 81.6 Å². The summed E-state index contributed by atoms with van der Waals surface area (Å²) in [5, 5.41) is 9.03. The number of nitrogens with zero attached hydrogens (tertiary/aromatic N) is 2. The van der Waals surface area contributed by atoms with Gasteiger partial charge in [0.1, 0.15) is 16.1 Å². The van der Waals surface area contributed by atoms with Crippen LogP contribution in [0.25, 0.3) is 33.0 Å². The van der Waals surface area contributed by atoms with Crippen LogP contribution >= 0.6 is 0 Å². The molecule has 10 rings (SSSR count). The van der Waals surface area contributed by atoms with Crippen LogP contribution in [0.3, 0.4) is 0 Å². The van der Waals surface area contributed by atoms with Gasteiger partial charge in [-0.25, -0.2) is 0 Å². The molecule has 2 aliphatic rings. The highest BCUT2D eigenvalue weighted by molar-refractivity contribution is 7.05. The Morgan fingerprint density at radius 1 is 0.306 bits per heavy atom. The van der Waals surface area contributed by atoms with E-state index in [0.29, 0.717) is 0 Å². The van der Waals surface area contributed by atoms with Crippen LogP contribution in [-0.2, 0) is 0 Å². The Bertz CT molecular complexity index is 3000. The van der Waals surface area contributed by atoms with E-state index in [2.05, 4.69) is 225 Å². The second kappa shape index (κ2) is 14.3. The normalized spacial score (nSPS) is 14.1. The molecule has 0 saturated heterocycles. The minimum Gasteiger partial charge on any atom is -0.310 e. The molecule has 0 unspecified atom stereocenters. The van der Waals surface area contributed by atoms with E-state index in [1.165, 1.54) is 122 Å². The number of hydrogen-bond donors (Lipinski definition) is 0. The van der Waals surface area contributed by atoms with Gasteiger partial charge in [0.2, 0.25) is 0 Å². The van der Waals surface area contributed by atoms with E-state index < -0.39 is 16.1 Å². The van der Waals surface area contributed by atoms with E-state index >= 15 is 0 Å². The monoisotopic (exact) mass is 838 g/mol. The van der Waals surface area contributed by atoms with Gasteiger partial charge in [-0.2, -0.15) is 0 Å². The van der Waals surface area contributed by atoms with Crippen LogP contribution in [0.1, 0.15) is 44.5 Å². The van der Waals surface area contributed by atoms with Crippen molar-refractivity contribution in [3.63, 3.8) is 0 Å². The maximum atomic E-state index is 2.65. The molecule has 8 aromatic rings. The lowest BCUT2D eigenvalue weighted by Crippen LogP contribution is -2.56. The van der Waals surface area contributed by atoms with Crippen LogP contribution in [0.2, 0.25) is 26.2 Å². The summed E-state index contributed by atoms with van der Waals surface area (Å²) < 4.78 is 0. The van der Waals surface area contributed by atoms with Crippen molar-refractivity contribution in [1.82, 2.24) is 0 Å². The van der Waals surface area contributed by atoms with Gasteiger partial charge >= 0.3 is 0 Å². The molecule has 308 valence electrons. The first-order valence-corrected chi connectivity index (χ1v) is 28.3.